The van der Waals surface area contributed by atoms with Crippen molar-refractivity contribution in [3.63, 3.8) is 0 Å². The molecule has 182 valence electrons. The number of thiazole rings is 1. The highest BCUT2D eigenvalue weighted by atomic mass is 127. The quantitative estimate of drug-likeness (QED) is 0.126. The molecule has 1 N–H and O–H groups in total. The minimum Gasteiger partial charge on any atom is -0.507 e. The third-order valence-corrected chi connectivity index (χ3v) is 7.60. The van der Waals surface area contributed by atoms with Crippen molar-refractivity contribution in [1.29, 1.82) is 0 Å². The molecule has 5 rings (SSSR count). The summed E-state index contributed by atoms with van der Waals surface area (Å²) in [7, 11) is 1.58. The van der Waals surface area contributed by atoms with Crippen LogP contribution in [0.2, 0.25) is 0 Å². The maximum absolute atomic E-state index is 13.4. The molecule has 1 saturated heterocycles. The summed E-state index contributed by atoms with van der Waals surface area (Å²) in [4.78, 5) is 32.8. The molecule has 0 saturated carbocycles. The van der Waals surface area contributed by atoms with Gasteiger partial charge in [0.15, 0.2) is 5.13 Å². The molecule has 0 aliphatic carbocycles. The standard InChI is InChI=1S/C27H21IN2O5S/c1-3-35-18-10-6-16(7-11-18)24(31)22-23(15-4-8-17(28)9-5-15)30(26(33)25(22)32)27-29-20-13-12-19(34-2)14-21(20)36-27/h4-14,23,31H,3H2,1-2H3. The van der Waals surface area contributed by atoms with Crippen LogP contribution in [0.15, 0.2) is 72.3 Å². The van der Waals surface area contributed by atoms with Gasteiger partial charge in [0.1, 0.15) is 17.3 Å². The van der Waals surface area contributed by atoms with Crippen LogP contribution in [0.3, 0.4) is 0 Å². The molecular formula is C27H21IN2O5S. The molecule has 0 radical (unpaired) electrons. The second-order valence-corrected chi connectivity index (χ2v) is 10.3. The lowest BCUT2D eigenvalue weighted by molar-refractivity contribution is -0.132. The van der Waals surface area contributed by atoms with E-state index < -0.39 is 17.7 Å². The average Bonchev–Trinajstić information content (AvgIpc) is 3.42. The van der Waals surface area contributed by atoms with E-state index in [2.05, 4.69) is 27.6 Å². The van der Waals surface area contributed by atoms with Crippen molar-refractivity contribution in [1.82, 2.24) is 4.98 Å². The fourth-order valence-electron chi connectivity index (χ4n) is 4.14. The topological polar surface area (TPSA) is 89.0 Å². The van der Waals surface area contributed by atoms with Crippen LogP contribution in [-0.2, 0) is 9.59 Å². The molecule has 0 spiro atoms. The fraction of sp³-hybridized carbons (Fsp3) is 0.148. The number of ketones is 1. The molecular weight excluding hydrogens is 591 g/mol. The molecule has 4 aromatic rings. The number of carbonyl (C=O) groups is 2. The molecule has 1 fully saturated rings. The van der Waals surface area contributed by atoms with Gasteiger partial charge in [0.2, 0.25) is 0 Å². The molecule has 0 bridgehead atoms. The van der Waals surface area contributed by atoms with Gasteiger partial charge in [-0.1, -0.05) is 23.5 Å². The molecule has 1 aliphatic rings. The zero-order valence-corrected chi connectivity index (χ0v) is 22.4. The second-order valence-electron chi connectivity index (χ2n) is 8.01. The maximum Gasteiger partial charge on any atom is 0.301 e. The number of nitrogens with zero attached hydrogens (tertiary/aromatic N) is 2. The number of halogens is 1. The molecule has 1 unspecified atom stereocenters. The summed E-state index contributed by atoms with van der Waals surface area (Å²) in [5.74, 6) is -0.429. The monoisotopic (exact) mass is 612 g/mol. The maximum atomic E-state index is 13.4. The van der Waals surface area contributed by atoms with E-state index in [0.29, 0.717) is 39.9 Å². The predicted molar refractivity (Wildman–Crippen MR) is 148 cm³/mol. The number of carbonyl (C=O) groups excluding carboxylic acids is 2. The molecule has 9 heteroatoms. The van der Waals surface area contributed by atoms with Crippen molar-refractivity contribution >= 4 is 66.7 Å². The smallest absolute Gasteiger partial charge is 0.301 e. The highest BCUT2D eigenvalue weighted by molar-refractivity contribution is 14.1. The van der Waals surface area contributed by atoms with Crippen LogP contribution in [0.4, 0.5) is 5.13 Å². The number of benzene rings is 3. The van der Waals surface area contributed by atoms with Crippen molar-refractivity contribution in [3.8, 4) is 11.5 Å². The number of anilines is 1. The average molecular weight is 612 g/mol. The van der Waals surface area contributed by atoms with Crippen molar-refractivity contribution in [3.05, 3.63) is 87.0 Å². The Bertz CT molecular complexity index is 1500. The number of hydrogen-bond acceptors (Lipinski definition) is 7. The number of Topliss-reactive ketones (excluding diaryl/α,β-unsaturated/α-hetero) is 1. The van der Waals surface area contributed by atoms with Crippen LogP contribution < -0.4 is 14.4 Å². The minimum atomic E-state index is -0.837. The molecule has 1 amide bonds. The van der Waals surface area contributed by atoms with E-state index in [9.17, 15) is 14.7 Å². The summed E-state index contributed by atoms with van der Waals surface area (Å²) in [6.45, 7) is 2.39. The van der Waals surface area contributed by atoms with Crippen molar-refractivity contribution in [2.45, 2.75) is 13.0 Å². The summed E-state index contributed by atoms with van der Waals surface area (Å²) < 4.78 is 12.6. The van der Waals surface area contributed by atoms with E-state index in [1.807, 2.05) is 43.3 Å². The number of aromatic nitrogens is 1. The van der Waals surface area contributed by atoms with Gasteiger partial charge in [0, 0.05) is 9.13 Å². The molecule has 7 nitrogen and oxygen atoms in total. The lowest BCUT2D eigenvalue weighted by Crippen LogP contribution is -2.29. The van der Waals surface area contributed by atoms with Crippen LogP contribution in [0.1, 0.15) is 24.1 Å². The SMILES string of the molecule is CCOc1ccc(C(O)=C2C(=O)C(=O)N(c3nc4ccc(OC)cc4s3)C2c2ccc(I)cc2)cc1. The number of hydrogen-bond donors (Lipinski definition) is 1. The molecule has 36 heavy (non-hydrogen) atoms. The van der Waals surface area contributed by atoms with Gasteiger partial charge in [-0.15, -0.1) is 0 Å². The molecule has 3 aromatic carbocycles. The number of ether oxygens (including phenoxy) is 2. The number of rotatable bonds is 6. The number of amides is 1. The fourth-order valence-corrected chi connectivity index (χ4v) is 5.52. The summed E-state index contributed by atoms with van der Waals surface area (Å²) in [6, 6.07) is 18.9. The van der Waals surface area contributed by atoms with Gasteiger partial charge in [0.25, 0.3) is 5.78 Å². The van der Waals surface area contributed by atoms with Gasteiger partial charge in [-0.2, -0.15) is 0 Å². The Labute approximate surface area is 225 Å². The first kappa shape index (κ1) is 24.3. The van der Waals surface area contributed by atoms with E-state index in [1.54, 1.807) is 37.4 Å². The summed E-state index contributed by atoms with van der Waals surface area (Å²) in [5.41, 5.74) is 1.81. The van der Waals surface area contributed by atoms with Crippen LogP contribution >= 0.6 is 33.9 Å². The number of aliphatic hydroxyl groups excluding tert-OH is 1. The second kappa shape index (κ2) is 9.90. The third kappa shape index (κ3) is 4.33. The van der Waals surface area contributed by atoms with E-state index in [0.717, 1.165) is 8.27 Å². The van der Waals surface area contributed by atoms with E-state index in [1.165, 1.54) is 16.2 Å². The van der Waals surface area contributed by atoms with E-state index in [-0.39, 0.29) is 11.3 Å². The Hall–Kier alpha value is -3.44. The molecule has 1 aromatic heterocycles. The van der Waals surface area contributed by atoms with E-state index >= 15 is 0 Å². The van der Waals surface area contributed by atoms with E-state index in [4.69, 9.17) is 9.47 Å². The first-order chi connectivity index (χ1) is 17.4. The van der Waals surface area contributed by atoms with Gasteiger partial charge in [0.05, 0.1) is 35.5 Å². The molecule has 1 atom stereocenters. The van der Waals surface area contributed by atoms with Crippen LogP contribution in [0, 0.1) is 3.57 Å². The van der Waals surface area contributed by atoms with Crippen molar-refractivity contribution < 1.29 is 24.2 Å². The zero-order chi connectivity index (χ0) is 25.4. The Morgan fingerprint density at radius 1 is 1.06 bits per heavy atom. The first-order valence-corrected chi connectivity index (χ1v) is 13.0. The van der Waals surface area contributed by atoms with Crippen LogP contribution in [0.5, 0.6) is 11.5 Å². The Balaban J connectivity index is 1.67. The Morgan fingerprint density at radius 3 is 2.42 bits per heavy atom. The lowest BCUT2D eigenvalue weighted by atomic mass is 9.95. The summed E-state index contributed by atoms with van der Waals surface area (Å²) >= 11 is 3.48. The highest BCUT2D eigenvalue weighted by Gasteiger charge is 2.48. The number of methoxy groups -OCH3 is 1. The molecule has 1 aliphatic heterocycles. The van der Waals surface area contributed by atoms with Gasteiger partial charge in [-0.25, -0.2) is 4.98 Å². The zero-order valence-electron chi connectivity index (χ0n) is 19.4. The van der Waals surface area contributed by atoms with Gasteiger partial charge in [-0.05, 0) is 89.7 Å². The lowest BCUT2D eigenvalue weighted by Gasteiger charge is -2.23. The van der Waals surface area contributed by atoms with Crippen molar-refractivity contribution in [2.75, 3.05) is 18.6 Å². The van der Waals surface area contributed by atoms with Crippen molar-refractivity contribution in [2.24, 2.45) is 0 Å². The summed E-state index contributed by atoms with van der Waals surface area (Å²) in [6.07, 6.45) is 0. The number of fused-ring (bicyclic) bond motifs is 1. The van der Waals surface area contributed by atoms with Crippen LogP contribution in [-0.4, -0.2) is 35.5 Å². The first-order valence-electron chi connectivity index (χ1n) is 11.2. The summed E-state index contributed by atoms with van der Waals surface area (Å²) in [5, 5.41) is 11.7. The van der Waals surface area contributed by atoms with Gasteiger partial charge >= 0.3 is 5.91 Å². The Kier molecular flexibility index (Phi) is 6.67. The Morgan fingerprint density at radius 2 is 1.75 bits per heavy atom. The predicted octanol–water partition coefficient (Wildman–Crippen LogP) is 5.93. The van der Waals surface area contributed by atoms with Crippen LogP contribution in [0.25, 0.3) is 16.0 Å². The largest absolute Gasteiger partial charge is 0.507 e. The highest BCUT2D eigenvalue weighted by Crippen LogP contribution is 2.44. The van der Waals surface area contributed by atoms with Gasteiger partial charge < -0.3 is 14.6 Å². The minimum absolute atomic E-state index is 0.0159. The molecule has 2 heterocycles. The third-order valence-electron chi connectivity index (χ3n) is 5.86. The number of aliphatic hydroxyl groups is 1. The van der Waals surface area contributed by atoms with Gasteiger partial charge in [-0.3, -0.25) is 14.5 Å². The normalized spacial score (nSPS) is 17.1.